The van der Waals surface area contributed by atoms with Gasteiger partial charge in [0.25, 0.3) is 0 Å². The zero-order chi connectivity index (χ0) is 20.3. The fourth-order valence-electron chi connectivity index (χ4n) is 3.40. The van der Waals surface area contributed by atoms with E-state index in [2.05, 4.69) is 9.88 Å². The lowest BCUT2D eigenvalue weighted by molar-refractivity contribution is 0.0145. The van der Waals surface area contributed by atoms with Crippen LogP contribution in [0.5, 0.6) is 0 Å². The number of H-pyrrole nitrogens is 1. The van der Waals surface area contributed by atoms with Crippen LogP contribution >= 0.6 is 0 Å². The van der Waals surface area contributed by atoms with Gasteiger partial charge in [-0.2, -0.15) is 0 Å². The Hall–Kier alpha value is -2.41. The van der Waals surface area contributed by atoms with Crippen LogP contribution < -0.4 is 0 Å². The second kappa shape index (κ2) is 8.31. The van der Waals surface area contributed by atoms with Crippen LogP contribution in [0.3, 0.4) is 0 Å². The first-order valence-corrected chi connectivity index (χ1v) is 9.73. The summed E-state index contributed by atoms with van der Waals surface area (Å²) in [7, 11) is 0. The average Bonchev–Trinajstić information content (AvgIpc) is 3.04. The van der Waals surface area contributed by atoms with Gasteiger partial charge >= 0.3 is 6.09 Å². The maximum atomic E-state index is 13.5. The molecule has 1 aliphatic heterocycles. The van der Waals surface area contributed by atoms with Gasteiger partial charge in [-0.15, -0.1) is 0 Å². The number of ketones is 1. The molecule has 7 heteroatoms. The average molecular weight is 389 g/mol. The van der Waals surface area contributed by atoms with Crippen LogP contribution in [-0.4, -0.2) is 65.0 Å². The normalized spacial score (nSPS) is 15.8. The second-order valence-electron chi connectivity index (χ2n) is 8.23. The summed E-state index contributed by atoms with van der Waals surface area (Å²) in [6, 6.07) is 4.42. The molecule has 0 saturated carbocycles. The van der Waals surface area contributed by atoms with Crippen LogP contribution in [0.4, 0.5) is 9.18 Å². The van der Waals surface area contributed by atoms with E-state index in [1.165, 1.54) is 12.1 Å². The zero-order valence-corrected chi connectivity index (χ0v) is 16.8. The van der Waals surface area contributed by atoms with Crippen molar-refractivity contribution in [1.29, 1.82) is 0 Å². The molecule has 1 aromatic carbocycles. The van der Waals surface area contributed by atoms with Gasteiger partial charge in [-0.3, -0.25) is 9.69 Å². The van der Waals surface area contributed by atoms with E-state index in [1.807, 2.05) is 20.8 Å². The molecule has 1 amide bonds. The zero-order valence-electron chi connectivity index (χ0n) is 16.8. The van der Waals surface area contributed by atoms with Gasteiger partial charge in [-0.25, -0.2) is 9.18 Å². The number of nitrogens with zero attached hydrogens (tertiary/aromatic N) is 2. The smallest absolute Gasteiger partial charge is 0.410 e. The van der Waals surface area contributed by atoms with E-state index in [1.54, 1.807) is 17.2 Å². The van der Waals surface area contributed by atoms with Crippen LogP contribution in [0.2, 0.25) is 0 Å². The van der Waals surface area contributed by atoms with Crippen molar-refractivity contribution in [3.05, 3.63) is 35.8 Å². The summed E-state index contributed by atoms with van der Waals surface area (Å²) in [5, 5.41) is 0.635. The Balaban J connectivity index is 1.44. The van der Waals surface area contributed by atoms with E-state index in [4.69, 9.17) is 4.74 Å². The number of Topliss-reactive ketones (excluding diaryl/α,β-unsaturated/α-hetero) is 1. The number of rotatable bonds is 5. The van der Waals surface area contributed by atoms with Crippen molar-refractivity contribution in [1.82, 2.24) is 14.8 Å². The fraction of sp³-hybridized carbons (Fsp3) is 0.524. The quantitative estimate of drug-likeness (QED) is 0.790. The number of fused-ring (bicyclic) bond motifs is 1. The van der Waals surface area contributed by atoms with E-state index in [0.29, 0.717) is 30.5 Å². The Bertz CT molecular complexity index is 848. The lowest BCUT2D eigenvalue weighted by atomic mass is 10.1. The lowest BCUT2D eigenvalue weighted by Crippen LogP contribution is -2.50. The Labute approximate surface area is 164 Å². The number of nitrogens with one attached hydrogen (secondary N) is 1. The molecular formula is C21H28FN3O3. The Kier molecular flexibility index (Phi) is 6.03. The third-order valence-corrected chi connectivity index (χ3v) is 4.85. The molecule has 0 radical (unpaired) electrons. The molecule has 1 N–H and O–H groups in total. The number of hydrogen-bond donors (Lipinski definition) is 1. The van der Waals surface area contributed by atoms with Crippen LogP contribution in [0.25, 0.3) is 10.9 Å². The van der Waals surface area contributed by atoms with Crippen molar-refractivity contribution in [2.75, 3.05) is 32.7 Å². The molecule has 0 bridgehead atoms. The highest BCUT2D eigenvalue weighted by atomic mass is 19.1. The van der Waals surface area contributed by atoms with E-state index in [0.717, 1.165) is 31.6 Å². The summed E-state index contributed by atoms with van der Waals surface area (Å²) >= 11 is 0. The molecule has 2 heterocycles. The molecule has 0 aliphatic carbocycles. The number of halogens is 1. The highest BCUT2D eigenvalue weighted by Gasteiger charge is 2.25. The van der Waals surface area contributed by atoms with Gasteiger partial charge in [0, 0.05) is 55.3 Å². The van der Waals surface area contributed by atoms with Gasteiger partial charge in [0.2, 0.25) is 0 Å². The summed E-state index contributed by atoms with van der Waals surface area (Å²) in [5.41, 5.74) is 0.826. The van der Waals surface area contributed by atoms with E-state index >= 15 is 0 Å². The van der Waals surface area contributed by atoms with Gasteiger partial charge in [-0.05, 0) is 51.9 Å². The summed E-state index contributed by atoms with van der Waals surface area (Å²) in [5.74, 6) is -0.326. The number of ether oxygens (including phenoxy) is 1. The minimum Gasteiger partial charge on any atom is -0.444 e. The monoisotopic (exact) mass is 389 g/mol. The first-order valence-electron chi connectivity index (χ1n) is 9.73. The van der Waals surface area contributed by atoms with Crippen molar-refractivity contribution in [2.45, 2.75) is 39.2 Å². The molecule has 3 rings (SSSR count). The number of benzene rings is 1. The third-order valence-electron chi connectivity index (χ3n) is 4.85. The SMILES string of the molecule is CC(C)(C)OC(=O)N1CCN(CCCC(=O)c2c[nH]c3ccc(F)cc23)CC1. The highest BCUT2D eigenvalue weighted by Crippen LogP contribution is 2.21. The molecule has 0 unspecified atom stereocenters. The molecule has 1 fully saturated rings. The minimum absolute atomic E-state index is 0.0178. The molecule has 1 aliphatic rings. The predicted octanol–water partition coefficient (Wildman–Crippen LogP) is 3.82. The fourth-order valence-corrected chi connectivity index (χ4v) is 3.40. The first kappa shape index (κ1) is 20.3. The van der Waals surface area contributed by atoms with Crippen molar-refractivity contribution >= 4 is 22.8 Å². The van der Waals surface area contributed by atoms with Crippen molar-refractivity contribution < 1.29 is 18.7 Å². The Morgan fingerprint density at radius 2 is 1.89 bits per heavy atom. The van der Waals surface area contributed by atoms with Crippen molar-refractivity contribution in [3.63, 3.8) is 0 Å². The number of carbonyl (C=O) groups excluding carboxylic acids is 2. The number of aromatic nitrogens is 1. The molecular weight excluding hydrogens is 361 g/mol. The second-order valence-corrected chi connectivity index (χ2v) is 8.23. The number of piperazine rings is 1. The molecule has 0 atom stereocenters. The van der Waals surface area contributed by atoms with Crippen LogP contribution in [0.1, 0.15) is 44.0 Å². The first-order chi connectivity index (χ1) is 13.2. The summed E-state index contributed by atoms with van der Waals surface area (Å²) in [6.07, 6.45) is 2.53. The maximum absolute atomic E-state index is 13.5. The van der Waals surface area contributed by atoms with Gasteiger partial charge in [-0.1, -0.05) is 0 Å². The third kappa shape index (κ3) is 5.10. The van der Waals surface area contributed by atoms with E-state index < -0.39 is 5.60 Å². The van der Waals surface area contributed by atoms with Crippen LogP contribution in [0, 0.1) is 5.82 Å². The molecule has 1 aromatic heterocycles. The summed E-state index contributed by atoms with van der Waals surface area (Å²) in [6.45, 7) is 9.18. The van der Waals surface area contributed by atoms with E-state index in [9.17, 15) is 14.0 Å². The van der Waals surface area contributed by atoms with Crippen LogP contribution in [0.15, 0.2) is 24.4 Å². The number of hydrogen-bond acceptors (Lipinski definition) is 4. The lowest BCUT2D eigenvalue weighted by Gasteiger charge is -2.35. The molecule has 6 nitrogen and oxygen atoms in total. The van der Waals surface area contributed by atoms with Gasteiger partial charge in [0.05, 0.1) is 0 Å². The Morgan fingerprint density at radius 1 is 1.18 bits per heavy atom. The Morgan fingerprint density at radius 3 is 2.57 bits per heavy atom. The summed E-state index contributed by atoms with van der Waals surface area (Å²) in [4.78, 5) is 31.6. The van der Waals surface area contributed by atoms with Crippen LogP contribution in [-0.2, 0) is 4.74 Å². The maximum Gasteiger partial charge on any atom is 0.410 e. The standard InChI is InChI=1S/C21H28FN3O3/c1-21(2,3)28-20(27)25-11-9-24(10-12-25)8-4-5-19(26)17-14-23-18-7-6-15(22)13-16(17)18/h6-7,13-14,23H,4-5,8-12H2,1-3H3. The van der Waals surface area contributed by atoms with Gasteiger partial charge < -0.3 is 14.6 Å². The number of carbonyl (C=O) groups is 2. The topological polar surface area (TPSA) is 65.6 Å². The molecule has 152 valence electrons. The number of aromatic amines is 1. The largest absolute Gasteiger partial charge is 0.444 e. The van der Waals surface area contributed by atoms with E-state index in [-0.39, 0.29) is 17.7 Å². The van der Waals surface area contributed by atoms with Gasteiger partial charge in [0.15, 0.2) is 5.78 Å². The van der Waals surface area contributed by atoms with Gasteiger partial charge in [0.1, 0.15) is 11.4 Å². The summed E-state index contributed by atoms with van der Waals surface area (Å²) < 4.78 is 18.9. The molecule has 28 heavy (non-hydrogen) atoms. The molecule has 0 spiro atoms. The van der Waals surface area contributed by atoms with Crippen molar-refractivity contribution in [3.8, 4) is 0 Å². The highest BCUT2D eigenvalue weighted by molar-refractivity contribution is 6.07. The van der Waals surface area contributed by atoms with Crippen molar-refractivity contribution in [2.24, 2.45) is 0 Å². The minimum atomic E-state index is -0.486. The predicted molar refractivity (Wildman–Crippen MR) is 106 cm³/mol. The molecule has 1 saturated heterocycles. The number of amides is 1. The molecule has 2 aromatic rings.